The molecule has 0 saturated heterocycles. The Balaban J connectivity index is 1.81. The van der Waals surface area contributed by atoms with E-state index in [9.17, 15) is 14.0 Å². The largest absolute Gasteiger partial charge is 0.494 e. The zero-order valence-corrected chi connectivity index (χ0v) is 15.9. The van der Waals surface area contributed by atoms with Gasteiger partial charge in [0.2, 0.25) is 5.91 Å². The summed E-state index contributed by atoms with van der Waals surface area (Å²) in [6, 6.07) is 11.5. The molecule has 6 nitrogen and oxygen atoms in total. The van der Waals surface area contributed by atoms with Crippen LogP contribution < -0.4 is 19.7 Å². The van der Waals surface area contributed by atoms with Gasteiger partial charge < -0.3 is 19.7 Å². The Morgan fingerprint density at radius 1 is 1.29 bits per heavy atom. The molecule has 2 amide bonds. The van der Waals surface area contributed by atoms with Gasteiger partial charge in [-0.25, -0.2) is 4.39 Å². The molecule has 1 aliphatic heterocycles. The zero-order chi connectivity index (χ0) is 20.1. The lowest BCUT2D eigenvalue weighted by Crippen LogP contribution is -2.51. The number of nitrogens with one attached hydrogen (secondary N) is 1. The first-order valence-electron chi connectivity index (χ1n) is 9.19. The number of nitrogens with zero attached hydrogens (tertiary/aromatic N) is 1. The van der Waals surface area contributed by atoms with Crippen LogP contribution in [-0.2, 0) is 16.0 Å². The fraction of sp³-hybridized carbons (Fsp3) is 0.333. The van der Waals surface area contributed by atoms with Crippen molar-refractivity contribution in [1.29, 1.82) is 0 Å². The van der Waals surface area contributed by atoms with Crippen LogP contribution in [0.15, 0.2) is 42.5 Å². The molecule has 1 heterocycles. The number of anilines is 1. The van der Waals surface area contributed by atoms with E-state index in [1.165, 1.54) is 24.1 Å². The van der Waals surface area contributed by atoms with E-state index >= 15 is 0 Å². The molecule has 0 aliphatic carbocycles. The molecule has 0 aromatic heterocycles. The highest BCUT2D eigenvalue weighted by Gasteiger charge is 2.33. The van der Waals surface area contributed by atoms with Crippen LogP contribution in [0.1, 0.15) is 18.9 Å². The first-order valence-corrected chi connectivity index (χ1v) is 9.19. The van der Waals surface area contributed by atoms with Crippen LogP contribution in [-0.4, -0.2) is 38.1 Å². The van der Waals surface area contributed by atoms with Crippen molar-refractivity contribution in [2.24, 2.45) is 0 Å². The maximum absolute atomic E-state index is 13.9. The van der Waals surface area contributed by atoms with Crippen LogP contribution in [0.2, 0.25) is 0 Å². The fourth-order valence-corrected chi connectivity index (χ4v) is 3.06. The highest BCUT2D eigenvalue weighted by Crippen LogP contribution is 2.33. The molecule has 148 valence electrons. The van der Waals surface area contributed by atoms with E-state index in [2.05, 4.69) is 5.32 Å². The van der Waals surface area contributed by atoms with Crippen LogP contribution in [0.25, 0.3) is 0 Å². The van der Waals surface area contributed by atoms with Crippen molar-refractivity contribution in [2.45, 2.75) is 25.9 Å². The molecule has 0 radical (unpaired) electrons. The van der Waals surface area contributed by atoms with Crippen molar-refractivity contribution < 1.29 is 23.5 Å². The van der Waals surface area contributed by atoms with Crippen LogP contribution >= 0.6 is 0 Å². The molecular formula is C21H23FN2O4. The lowest BCUT2D eigenvalue weighted by atomic mass is 10.1. The first-order chi connectivity index (χ1) is 13.5. The first kappa shape index (κ1) is 19.7. The Labute approximate surface area is 163 Å². The van der Waals surface area contributed by atoms with Gasteiger partial charge in [-0.15, -0.1) is 0 Å². The SMILES string of the molecule is CCCNC(=O)[C@@H]1CN(C(=O)Cc2ccc(OC)c(F)c2)c2ccccc2O1. The Hall–Kier alpha value is -3.09. The number of hydrogen-bond donors (Lipinski definition) is 1. The second-order valence-corrected chi connectivity index (χ2v) is 6.52. The minimum absolute atomic E-state index is 0.00144. The monoisotopic (exact) mass is 386 g/mol. The number of carbonyl (C=O) groups excluding carboxylic acids is 2. The third kappa shape index (κ3) is 4.24. The molecule has 28 heavy (non-hydrogen) atoms. The van der Waals surface area contributed by atoms with Gasteiger partial charge in [-0.3, -0.25) is 9.59 Å². The summed E-state index contributed by atoms with van der Waals surface area (Å²) in [5, 5.41) is 2.80. The third-order valence-corrected chi connectivity index (χ3v) is 4.49. The predicted molar refractivity (Wildman–Crippen MR) is 103 cm³/mol. The molecule has 0 bridgehead atoms. The number of amides is 2. The number of fused-ring (bicyclic) bond motifs is 1. The smallest absolute Gasteiger partial charge is 0.262 e. The van der Waals surface area contributed by atoms with E-state index < -0.39 is 11.9 Å². The number of halogens is 1. The maximum atomic E-state index is 13.9. The second kappa shape index (κ2) is 8.73. The lowest BCUT2D eigenvalue weighted by Gasteiger charge is -2.34. The molecule has 0 saturated carbocycles. The van der Waals surface area contributed by atoms with Gasteiger partial charge in [-0.1, -0.05) is 25.1 Å². The summed E-state index contributed by atoms with van der Waals surface area (Å²) < 4.78 is 24.6. The zero-order valence-electron chi connectivity index (χ0n) is 15.9. The molecular weight excluding hydrogens is 363 g/mol. The lowest BCUT2D eigenvalue weighted by molar-refractivity contribution is -0.128. The molecule has 0 fully saturated rings. The highest BCUT2D eigenvalue weighted by molar-refractivity contribution is 5.98. The average molecular weight is 386 g/mol. The van der Waals surface area contributed by atoms with Gasteiger partial charge in [0.1, 0.15) is 5.75 Å². The van der Waals surface area contributed by atoms with E-state index in [1.54, 1.807) is 30.3 Å². The number of methoxy groups -OCH3 is 1. The molecule has 2 aromatic carbocycles. The summed E-state index contributed by atoms with van der Waals surface area (Å²) in [6.07, 6.45) is 0.0113. The number of hydrogen-bond acceptors (Lipinski definition) is 4. The van der Waals surface area contributed by atoms with Crippen molar-refractivity contribution in [3.05, 3.63) is 53.8 Å². The summed E-state index contributed by atoms with van der Waals surface area (Å²) in [7, 11) is 1.39. The molecule has 0 spiro atoms. The van der Waals surface area contributed by atoms with Crippen molar-refractivity contribution in [3.63, 3.8) is 0 Å². The number of rotatable bonds is 6. The quantitative estimate of drug-likeness (QED) is 0.829. The molecule has 1 N–H and O–H groups in total. The van der Waals surface area contributed by atoms with E-state index in [0.29, 0.717) is 23.5 Å². The Bertz CT molecular complexity index is 871. The predicted octanol–water partition coefficient (Wildman–Crippen LogP) is 2.70. The van der Waals surface area contributed by atoms with Gasteiger partial charge in [0.25, 0.3) is 5.91 Å². The normalized spacial score (nSPS) is 15.4. The molecule has 3 rings (SSSR count). The van der Waals surface area contributed by atoms with Crippen LogP contribution in [0.5, 0.6) is 11.5 Å². The van der Waals surface area contributed by atoms with Gasteiger partial charge in [-0.05, 0) is 36.2 Å². The van der Waals surface area contributed by atoms with Gasteiger partial charge in [0, 0.05) is 6.54 Å². The van der Waals surface area contributed by atoms with Crippen molar-refractivity contribution in [3.8, 4) is 11.5 Å². The Kier molecular flexibility index (Phi) is 6.13. The third-order valence-electron chi connectivity index (χ3n) is 4.49. The minimum Gasteiger partial charge on any atom is -0.494 e. The molecule has 7 heteroatoms. The van der Waals surface area contributed by atoms with Crippen molar-refractivity contribution in [2.75, 3.05) is 25.1 Å². The topological polar surface area (TPSA) is 67.9 Å². The van der Waals surface area contributed by atoms with E-state index in [0.717, 1.165) is 6.42 Å². The average Bonchev–Trinajstić information content (AvgIpc) is 2.71. The van der Waals surface area contributed by atoms with E-state index in [-0.39, 0.29) is 30.5 Å². The number of carbonyl (C=O) groups is 2. The Morgan fingerprint density at radius 3 is 2.79 bits per heavy atom. The summed E-state index contributed by atoms with van der Waals surface area (Å²) >= 11 is 0. The van der Waals surface area contributed by atoms with E-state index in [1.807, 2.05) is 6.92 Å². The van der Waals surface area contributed by atoms with E-state index in [4.69, 9.17) is 9.47 Å². The number of benzene rings is 2. The summed E-state index contributed by atoms with van der Waals surface area (Å²) in [6.45, 7) is 2.60. The summed E-state index contributed by atoms with van der Waals surface area (Å²) in [4.78, 5) is 26.9. The fourth-order valence-electron chi connectivity index (χ4n) is 3.06. The van der Waals surface area contributed by atoms with Crippen molar-refractivity contribution in [1.82, 2.24) is 5.32 Å². The number of ether oxygens (including phenoxy) is 2. The molecule has 2 aromatic rings. The second-order valence-electron chi connectivity index (χ2n) is 6.52. The molecule has 1 aliphatic rings. The van der Waals surface area contributed by atoms with Gasteiger partial charge in [0.05, 0.1) is 25.8 Å². The Morgan fingerprint density at radius 2 is 2.07 bits per heavy atom. The molecule has 1 atom stereocenters. The van der Waals surface area contributed by atoms with Gasteiger partial charge >= 0.3 is 0 Å². The van der Waals surface area contributed by atoms with Crippen LogP contribution in [0, 0.1) is 5.82 Å². The minimum atomic E-state index is -0.794. The van der Waals surface area contributed by atoms with Crippen LogP contribution in [0.4, 0.5) is 10.1 Å². The van der Waals surface area contributed by atoms with Crippen LogP contribution in [0.3, 0.4) is 0 Å². The summed E-state index contributed by atoms with van der Waals surface area (Å²) in [5.41, 5.74) is 1.13. The molecule has 0 unspecified atom stereocenters. The highest BCUT2D eigenvalue weighted by atomic mass is 19.1. The van der Waals surface area contributed by atoms with Gasteiger partial charge in [-0.2, -0.15) is 0 Å². The standard InChI is InChI=1S/C21H23FN2O4/c1-3-10-23-21(26)19-13-24(16-6-4-5-7-18(16)28-19)20(25)12-14-8-9-17(27-2)15(22)11-14/h4-9,11,19H,3,10,12-13H2,1-2H3,(H,23,26)/t19-/m0/s1. The van der Waals surface area contributed by atoms with Crippen molar-refractivity contribution >= 4 is 17.5 Å². The van der Waals surface area contributed by atoms with Gasteiger partial charge in [0.15, 0.2) is 17.7 Å². The summed E-state index contributed by atoms with van der Waals surface area (Å²) in [5.74, 6) is -0.425. The number of para-hydroxylation sites is 2. The maximum Gasteiger partial charge on any atom is 0.262 e.